The molecular formula is C14H12BrNO2. The fraction of sp³-hybridized carbons (Fsp3) is 0.0714. The van der Waals surface area contributed by atoms with Gasteiger partial charge in [0, 0.05) is 10.2 Å². The summed E-state index contributed by atoms with van der Waals surface area (Å²) in [6, 6.07) is 12.6. The van der Waals surface area contributed by atoms with Gasteiger partial charge in [0.2, 0.25) is 0 Å². The first kappa shape index (κ1) is 12.6. The van der Waals surface area contributed by atoms with Gasteiger partial charge in [0.05, 0.1) is 11.3 Å². The molecule has 0 aliphatic rings. The summed E-state index contributed by atoms with van der Waals surface area (Å²) in [6.45, 7) is 1.98. The summed E-state index contributed by atoms with van der Waals surface area (Å²) in [5.41, 5.74) is 2.81. The van der Waals surface area contributed by atoms with E-state index in [0.29, 0.717) is 5.69 Å². The maximum atomic E-state index is 11.1. The standard InChI is InChI=1S/C14H12BrNO2/c1-9-8-10(6-7-12(9)15)16-13-5-3-2-4-11(13)14(17)18/h2-8,16H,1H3,(H,17,18). The molecule has 0 radical (unpaired) electrons. The largest absolute Gasteiger partial charge is 0.478 e. The lowest BCUT2D eigenvalue weighted by Crippen LogP contribution is -2.02. The van der Waals surface area contributed by atoms with Gasteiger partial charge in [0.15, 0.2) is 0 Å². The number of aryl methyl sites for hydroxylation is 1. The quantitative estimate of drug-likeness (QED) is 0.893. The maximum absolute atomic E-state index is 11.1. The molecular weight excluding hydrogens is 294 g/mol. The molecule has 0 fully saturated rings. The third-order valence-electron chi connectivity index (χ3n) is 2.59. The number of anilines is 2. The highest BCUT2D eigenvalue weighted by Gasteiger charge is 2.09. The van der Waals surface area contributed by atoms with Crippen LogP contribution in [0.4, 0.5) is 11.4 Å². The molecule has 0 aromatic heterocycles. The lowest BCUT2D eigenvalue weighted by Gasteiger charge is -2.10. The molecule has 2 rings (SSSR count). The van der Waals surface area contributed by atoms with Crippen LogP contribution < -0.4 is 5.32 Å². The molecule has 0 atom stereocenters. The Labute approximate surface area is 114 Å². The average molecular weight is 306 g/mol. The summed E-state index contributed by atoms with van der Waals surface area (Å²) in [6.07, 6.45) is 0. The number of carboxylic acids is 1. The summed E-state index contributed by atoms with van der Waals surface area (Å²) in [7, 11) is 0. The van der Waals surface area contributed by atoms with Gasteiger partial charge >= 0.3 is 5.97 Å². The molecule has 3 nitrogen and oxygen atoms in total. The second kappa shape index (κ2) is 5.23. The van der Waals surface area contributed by atoms with Crippen molar-refractivity contribution in [2.45, 2.75) is 6.92 Å². The fourth-order valence-corrected chi connectivity index (χ4v) is 1.90. The van der Waals surface area contributed by atoms with E-state index in [9.17, 15) is 4.79 Å². The molecule has 0 aliphatic heterocycles. The van der Waals surface area contributed by atoms with E-state index in [-0.39, 0.29) is 5.56 Å². The number of nitrogens with one attached hydrogen (secondary N) is 1. The first-order valence-electron chi connectivity index (χ1n) is 5.43. The van der Waals surface area contributed by atoms with Crippen LogP contribution in [-0.2, 0) is 0 Å². The molecule has 2 aromatic carbocycles. The van der Waals surface area contributed by atoms with Gasteiger partial charge in [0.25, 0.3) is 0 Å². The van der Waals surface area contributed by atoms with Crippen molar-refractivity contribution in [2.24, 2.45) is 0 Å². The smallest absolute Gasteiger partial charge is 0.337 e. The lowest BCUT2D eigenvalue weighted by molar-refractivity contribution is 0.0698. The van der Waals surface area contributed by atoms with Gasteiger partial charge in [-0.05, 0) is 42.8 Å². The van der Waals surface area contributed by atoms with Crippen molar-refractivity contribution in [3.05, 3.63) is 58.1 Å². The van der Waals surface area contributed by atoms with Crippen LogP contribution in [0, 0.1) is 6.92 Å². The number of carboxylic acid groups (broad SMARTS) is 1. The Balaban J connectivity index is 2.34. The number of hydrogen-bond acceptors (Lipinski definition) is 2. The van der Waals surface area contributed by atoms with Crippen molar-refractivity contribution in [2.75, 3.05) is 5.32 Å². The van der Waals surface area contributed by atoms with Crippen LogP contribution in [0.25, 0.3) is 0 Å². The molecule has 2 N–H and O–H groups in total. The Morgan fingerprint density at radius 1 is 1.22 bits per heavy atom. The van der Waals surface area contributed by atoms with Gasteiger partial charge in [-0.2, -0.15) is 0 Å². The normalized spacial score (nSPS) is 10.1. The second-order valence-corrected chi connectivity index (χ2v) is 4.79. The minimum Gasteiger partial charge on any atom is -0.478 e. The molecule has 0 saturated carbocycles. The molecule has 0 aliphatic carbocycles. The topological polar surface area (TPSA) is 49.3 Å². The molecule has 0 bridgehead atoms. The van der Waals surface area contributed by atoms with Crippen molar-refractivity contribution in [1.82, 2.24) is 0 Å². The van der Waals surface area contributed by atoms with Crippen LogP contribution >= 0.6 is 15.9 Å². The molecule has 0 amide bonds. The van der Waals surface area contributed by atoms with Crippen LogP contribution in [0.3, 0.4) is 0 Å². The Bertz CT molecular complexity index is 596. The zero-order valence-electron chi connectivity index (χ0n) is 9.77. The highest BCUT2D eigenvalue weighted by atomic mass is 79.9. The zero-order valence-corrected chi connectivity index (χ0v) is 11.4. The van der Waals surface area contributed by atoms with Crippen LogP contribution in [0.1, 0.15) is 15.9 Å². The van der Waals surface area contributed by atoms with Crippen LogP contribution in [0.2, 0.25) is 0 Å². The van der Waals surface area contributed by atoms with E-state index >= 15 is 0 Å². The first-order chi connectivity index (χ1) is 8.58. The molecule has 0 saturated heterocycles. The number of benzene rings is 2. The summed E-state index contributed by atoms with van der Waals surface area (Å²) < 4.78 is 1.03. The van der Waals surface area contributed by atoms with Crippen molar-refractivity contribution in [1.29, 1.82) is 0 Å². The molecule has 0 spiro atoms. The number of hydrogen-bond donors (Lipinski definition) is 2. The summed E-state index contributed by atoms with van der Waals surface area (Å²) >= 11 is 3.43. The van der Waals surface area contributed by atoms with E-state index < -0.39 is 5.97 Å². The van der Waals surface area contributed by atoms with E-state index in [1.807, 2.05) is 25.1 Å². The number of carbonyl (C=O) groups is 1. The summed E-state index contributed by atoms with van der Waals surface area (Å²) in [5, 5.41) is 12.2. The Hall–Kier alpha value is -1.81. The van der Waals surface area contributed by atoms with Crippen LogP contribution in [0.5, 0.6) is 0 Å². The van der Waals surface area contributed by atoms with E-state index in [0.717, 1.165) is 15.7 Å². The van der Waals surface area contributed by atoms with Crippen molar-refractivity contribution >= 4 is 33.3 Å². The van der Waals surface area contributed by atoms with Crippen molar-refractivity contribution in [3.8, 4) is 0 Å². The maximum Gasteiger partial charge on any atom is 0.337 e. The van der Waals surface area contributed by atoms with Gasteiger partial charge in [-0.15, -0.1) is 0 Å². The first-order valence-corrected chi connectivity index (χ1v) is 6.23. The van der Waals surface area contributed by atoms with E-state index in [2.05, 4.69) is 21.2 Å². The second-order valence-electron chi connectivity index (χ2n) is 3.94. The van der Waals surface area contributed by atoms with E-state index in [1.54, 1.807) is 24.3 Å². The number of rotatable bonds is 3. The highest BCUT2D eigenvalue weighted by Crippen LogP contribution is 2.24. The highest BCUT2D eigenvalue weighted by molar-refractivity contribution is 9.10. The third kappa shape index (κ3) is 2.71. The van der Waals surface area contributed by atoms with Crippen LogP contribution in [-0.4, -0.2) is 11.1 Å². The van der Waals surface area contributed by atoms with Crippen molar-refractivity contribution in [3.63, 3.8) is 0 Å². The minimum absolute atomic E-state index is 0.262. The monoisotopic (exact) mass is 305 g/mol. The Morgan fingerprint density at radius 3 is 2.61 bits per heavy atom. The summed E-state index contributed by atoms with van der Waals surface area (Å²) in [5.74, 6) is -0.938. The number of halogens is 1. The Morgan fingerprint density at radius 2 is 1.94 bits per heavy atom. The van der Waals surface area contributed by atoms with Crippen molar-refractivity contribution < 1.29 is 9.90 Å². The molecule has 2 aromatic rings. The molecule has 4 heteroatoms. The number of para-hydroxylation sites is 1. The van der Waals surface area contributed by atoms with Crippen LogP contribution in [0.15, 0.2) is 46.9 Å². The molecule has 0 unspecified atom stereocenters. The summed E-state index contributed by atoms with van der Waals surface area (Å²) in [4.78, 5) is 11.1. The molecule has 92 valence electrons. The van der Waals surface area contributed by atoms with Gasteiger partial charge in [-0.1, -0.05) is 28.1 Å². The lowest BCUT2D eigenvalue weighted by atomic mass is 10.1. The average Bonchev–Trinajstić information content (AvgIpc) is 2.34. The van der Waals surface area contributed by atoms with Gasteiger partial charge in [-0.25, -0.2) is 4.79 Å². The van der Waals surface area contributed by atoms with Gasteiger partial charge in [0.1, 0.15) is 0 Å². The predicted molar refractivity (Wildman–Crippen MR) is 75.6 cm³/mol. The van der Waals surface area contributed by atoms with E-state index in [4.69, 9.17) is 5.11 Å². The minimum atomic E-state index is -0.938. The van der Waals surface area contributed by atoms with E-state index in [1.165, 1.54) is 0 Å². The molecule has 18 heavy (non-hydrogen) atoms. The predicted octanol–water partition coefficient (Wildman–Crippen LogP) is 4.20. The SMILES string of the molecule is Cc1cc(Nc2ccccc2C(=O)O)ccc1Br. The van der Waals surface area contributed by atoms with Gasteiger partial charge < -0.3 is 10.4 Å². The van der Waals surface area contributed by atoms with Gasteiger partial charge in [-0.3, -0.25) is 0 Å². The Kier molecular flexibility index (Phi) is 3.67. The third-order valence-corrected chi connectivity index (χ3v) is 3.48. The fourth-order valence-electron chi connectivity index (χ4n) is 1.66. The number of aromatic carboxylic acids is 1. The molecule has 0 heterocycles. The zero-order chi connectivity index (χ0) is 13.1.